The van der Waals surface area contributed by atoms with E-state index in [2.05, 4.69) is 26.2 Å². The summed E-state index contributed by atoms with van der Waals surface area (Å²) >= 11 is 15.2. The average molecular weight is 318 g/mol. The molecule has 0 unspecified atom stereocenters. The number of halogens is 3. The van der Waals surface area contributed by atoms with Crippen molar-refractivity contribution in [3.8, 4) is 0 Å². The Kier molecular flexibility index (Phi) is 3.69. The van der Waals surface area contributed by atoms with Crippen LogP contribution in [-0.4, -0.2) is 4.98 Å². The molecule has 1 aromatic heterocycles. The number of nitrogens with one attached hydrogen (secondary N) is 1. The van der Waals surface area contributed by atoms with E-state index in [1.807, 2.05) is 6.07 Å². The number of hydrogen-bond acceptors (Lipinski definition) is 2. The van der Waals surface area contributed by atoms with Crippen LogP contribution in [0.1, 0.15) is 0 Å². The molecule has 1 heterocycles. The third-order valence-electron chi connectivity index (χ3n) is 1.91. The van der Waals surface area contributed by atoms with Gasteiger partial charge < -0.3 is 5.32 Å². The molecular weight excluding hydrogens is 311 g/mol. The first kappa shape index (κ1) is 11.7. The SMILES string of the molecule is Clc1cc(Cl)cc(Nc2ccncc2Br)c1. The van der Waals surface area contributed by atoms with Crippen molar-refractivity contribution in [1.82, 2.24) is 4.98 Å². The molecule has 2 aromatic rings. The fourth-order valence-corrected chi connectivity index (χ4v) is 2.13. The van der Waals surface area contributed by atoms with Crippen molar-refractivity contribution in [2.75, 3.05) is 5.32 Å². The van der Waals surface area contributed by atoms with Crippen molar-refractivity contribution in [2.24, 2.45) is 0 Å². The van der Waals surface area contributed by atoms with E-state index in [0.29, 0.717) is 10.0 Å². The lowest BCUT2D eigenvalue weighted by Gasteiger charge is -2.08. The molecule has 0 aliphatic rings. The maximum atomic E-state index is 5.91. The molecule has 0 fully saturated rings. The first-order valence-corrected chi connectivity index (χ1v) is 6.03. The molecule has 0 atom stereocenters. The highest BCUT2D eigenvalue weighted by atomic mass is 79.9. The summed E-state index contributed by atoms with van der Waals surface area (Å²) in [5, 5.41) is 4.39. The molecule has 82 valence electrons. The monoisotopic (exact) mass is 316 g/mol. The first-order chi connectivity index (χ1) is 7.65. The number of nitrogens with zero attached hydrogens (tertiary/aromatic N) is 1. The highest BCUT2D eigenvalue weighted by molar-refractivity contribution is 9.10. The molecule has 16 heavy (non-hydrogen) atoms. The summed E-state index contributed by atoms with van der Waals surface area (Å²) in [6.07, 6.45) is 3.42. The summed E-state index contributed by atoms with van der Waals surface area (Å²) in [7, 11) is 0. The molecule has 0 saturated heterocycles. The largest absolute Gasteiger partial charge is 0.354 e. The number of hydrogen-bond donors (Lipinski definition) is 1. The minimum absolute atomic E-state index is 0.597. The Morgan fingerprint density at radius 2 is 1.81 bits per heavy atom. The highest BCUT2D eigenvalue weighted by Gasteiger charge is 2.01. The molecule has 0 radical (unpaired) electrons. The van der Waals surface area contributed by atoms with Gasteiger partial charge in [0.1, 0.15) is 0 Å². The second-order valence-corrected chi connectivity index (χ2v) is 4.87. The van der Waals surface area contributed by atoms with Gasteiger partial charge in [-0.25, -0.2) is 0 Å². The summed E-state index contributed by atoms with van der Waals surface area (Å²) in [6.45, 7) is 0. The van der Waals surface area contributed by atoms with Crippen LogP contribution in [0.25, 0.3) is 0 Å². The Hall–Kier alpha value is -0.770. The number of benzene rings is 1. The van der Waals surface area contributed by atoms with Crippen molar-refractivity contribution >= 4 is 50.5 Å². The van der Waals surface area contributed by atoms with E-state index in [-0.39, 0.29) is 0 Å². The van der Waals surface area contributed by atoms with Gasteiger partial charge in [0.25, 0.3) is 0 Å². The maximum absolute atomic E-state index is 5.91. The molecule has 5 heteroatoms. The van der Waals surface area contributed by atoms with Gasteiger partial charge in [-0.2, -0.15) is 0 Å². The second kappa shape index (κ2) is 5.04. The van der Waals surface area contributed by atoms with Gasteiger partial charge >= 0.3 is 0 Å². The van der Waals surface area contributed by atoms with Crippen molar-refractivity contribution in [2.45, 2.75) is 0 Å². The molecule has 0 spiro atoms. The molecule has 0 aliphatic heterocycles. The predicted octanol–water partition coefficient (Wildman–Crippen LogP) is 4.89. The van der Waals surface area contributed by atoms with Crippen LogP contribution < -0.4 is 5.32 Å². The lowest BCUT2D eigenvalue weighted by Crippen LogP contribution is -1.91. The third-order valence-corrected chi connectivity index (χ3v) is 2.98. The number of pyridine rings is 1. The zero-order chi connectivity index (χ0) is 11.5. The van der Waals surface area contributed by atoms with Gasteiger partial charge in [-0.05, 0) is 40.2 Å². The fourth-order valence-electron chi connectivity index (χ4n) is 1.26. The van der Waals surface area contributed by atoms with Gasteiger partial charge in [-0.1, -0.05) is 23.2 Å². The number of aromatic nitrogens is 1. The Morgan fingerprint density at radius 1 is 1.12 bits per heavy atom. The van der Waals surface area contributed by atoms with E-state index in [1.54, 1.807) is 30.6 Å². The summed E-state index contributed by atoms with van der Waals surface area (Å²) in [5.41, 5.74) is 1.75. The molecule has 1 N–H and O–H groups in total. The Morgan fingerprint density at radius 3 is 2.44 bits per heavy atom. The number of rotatable bonds is 2. The van der Waals surface area contributed by atoms with Crippen LogP contribution in [0.5, 0.6) is 0 Å². The molecule has 0 aliphatic carbocycles. The minimum atomic E-state index is 0.597. The Labute approximate surface area is 112 Å². The normalized spacial score (nSPS) is 10.2. The van der Waals surface area contributed by atoms with E-state index >= 15 is 0 Å². The van der Waals surface area contributed by atoms with Gasteiger partial charge in [-0.15, -0.1) is 0 Å². The summed E-state index contributed by atoms with van der Waals surface area (Å²) in [5.74, 6) is 0. The van der Waals surface area contributed by atoms with E-state index < -0.39 is 0 Å². The zero-order valence-corrected chi connectivity index (χ0v) is 11.1. The van der Waals surface area contributed by atoms with Crippen molar-refractivity contribution in [3.05, 3.63) is 51.2 Å². The Balaban J connectivity index is 2.30. The van der Waals surface area contributed by atoms with Gasteiger partial charge in [0, 0.05) is 28.1 Å². The average Bonchev–Trinajstić information content (AvgIpc) is 2.20. The minimum Gasteiger partial charge on any atom is -0.354 e. The van der Waals surface area contributed by atoms with Crippen molar-refractivity contribution < 1.29 is 0 Å². The van der Waals surface area contributed by atoms with Crippen molar-refractivity contribution in [1.29, 1.82) is 0 Å². The van der Waals surface area contributed by atoms with E-state index in [1.165, 1.54) is 0 Å². The quantitative estimate of drug-likeness (QED) is 0.852. The second-order valence-electron chi connectivity index (χ2n) is 3.14. The standard InChI is InChI=1S/C11H7BrCl2N2/c12-10-6-15-2-1-11(10)16-9-4-7(13)3-8(14)5-9/h1-6H,(H,15,16). The van der Waals surface area contributed by atoms with Crippen LogP contribution in [0.15, 0.2) is 41.1 Å². The van der Waals surface area contributed by atoms with Crippen LogP contribution in [0.3, 0.4) is 0 Å². The van der Waals surface area contributed by atoms with Crippen LogP contribution >= 0.6 is 39.1 Å². The van der Waals surface area contributed by atoms with Gasteiger partial charge in [0.15, 0.2) is 0 Å². The summed E-state index contributed by atoms with van der Waals surface area (Å²) in [6, 6.07) is 7.16. The van der Waals surface area contributed by atoms with Crippen LogP contribution in [0.2, 0.25) is 10.0 Å². The van der Waals surface area contributed by atoms with Crippen LogP contribution in [-0.2, 0) is 0 Å². The summed E-state index contributed by atoms with van der Waals surface area (Å²) < 4.78 is 0.881. The smallest absolute Gasteiger partial charge is 0.0593 e. The molecule has 0 saturated carbocycles. The predicted molar refractivity (Wildman–Crippen MR) is 71.7 cm³/mol. The molecule has 1 aromatic carbocycles. The molecule has 2 nitrogen and oxygen atoms in total. The summed E-state index contributed by atoms with van der Waals surface area (Å²) in [4.78, 5) is 3.98. The lowest BCUT2D eigenvalue weighted by molar-refractivity contribution is 1.30. The lowest BCUT2D eigenvalue weighted by atomic mass is 10.3. The molecule has 0 bridgehead atoms. The van der Waals surface area contributed by atoms with Crippen molar-refractivity contribution in [3.63, 3.8) is 0 Å². The van der Waals surface area contributed by atoms with Gasteiger partial charge in [-0.3, -0.25) is 4.98 Å². The topological polar surface area (TPSA) is 24.9 Å². The van der Waals surface area contributed by atoms with E-state index in [4.69, 9.17) is 23.2 Å². The van der Waals surface area contributed by atoms with E-state index in [9.17, 15) is 0 Å². The van der Waals surface area contributed by atoms with Gasteiger partial charge in [0.2, 0.25) is 0 Å². The Bertz CT molecular complexity index is 497. The highest BCUT2D eigenvalue weighted by Crippen LogP contribution is 2.28. The molecule has 0 amide bonds. The first-order valence-electron chi connectivity index (χ1n) is 4.48. The molecular formula is C11H7BrCl2N2. The maximum Gasteiger partial charge on any atom is 0.0593 e. The van der Waals surface area contributed by atoms with E-state index in [0.717, 1.165) is 15.8 Å². The molecule has 2 rings (SSSR count). The van der Waals surface area contributed by atoms with Gasteiger partial charge in [0.05, 0.1) is 10.2 Å². The zero-order valence-electron chi connectivity index (χ0n) is 8.05. The fraction of sp³-hybridized carbons (Fsp3) is 0. The third kappa shape index (κ3) is 2.88. The van der Waals surface area contributed by atoms with Crippen LogP contribution in [0, 0.1) is 0 Å². The van der Waals surface area contributed by atoms with Crippen LogP contribution in [0.4, 0.5) is 11.4 Å². The number of anilines is 2.